The fraction of sp³-hybridized carbons (Fsp3) is 0.500. The Morgan fingerprint density at radius 2 is 2.33 bits per heavy atom. The highest BCUT2D eigenvalue weighted by atomic mass is 32.1. The summed E-state index contributed by atoms with van der Waals surface area (Å²) < 4.78 is 24.0. The standard InChI is InChI=1S/C8H11F2NS/c1-6(8(9)10)11-5-7-3-2-4-12-7/h2-4,6,8,11H,5H2,1H3. The first-order chi connectivity index (χ1) is 5.70. The van der Waals surface area contributed by atoms with Crippen LogP contribution in [0.15, 0.2) is 17.5 Å². The molecule has 0 aliphatic rings. The molecule has 1 nitrogen and oxygen atoms in total. The summed E-state index contributed by atoms with van der Waals surface area (Å²) >= 11 is 1.57. The van der Waals surface area contributed by atoms with Crippen LogP contribution in [0.2, 0.25) is 0 Å². The van der Waals surface area contributed by atoms with Crippen LogP contribution >= 0.6 is 11.3 Å². The van der Waals surface area contributed by atoms with Crippen LogP contribution in [0.1, 0.15) is 11.8 Å². The van der Waals surface area contributed by atoms with Crippen molar-refractivity contribution in [1.82, 2.24) is 5.32 Å². The van der Waals surface area contributed by atoms with Gasteiger partial charge in [-0.25, -0.2) is 8.78 Å². The molecule has 0 radical (unpaired) electrons. The molecule has 0 fully saturated rings. The summed E-state index contributed by atoms with van der Waals surface area (Å²) in [6.07, 6.45) is -2.29. The van der Waals surface area contributed by atoms with E-state index in [-0.39, 0.29) is 0 Å². The van der Waals surface area contributed by atoms with E-state index in [0.29, 0.717) is 6.54 Å². The van der Waals surface area contributed by atoms with Crippen molar-refractivity contribution in [2.45, 2.75) is 25.9 Å². The van der Waals surface area contributed by atoms with Crippen molar-refractivity contribution in [2.75, 3.05) is 0 Å². The minimum absolute atomic E-state index is 0.531. The molecule has 0 aliphatic heterocycles. The molecule has 1 aromatic rings. The summed E-state index contributed by atoms with van der Waals surface area (Å²) in [4.78, 5) is 1.09. The lowest BCUT2D eigenvalue weighted by molar-refractivity contribution is 0.105. The quantitative estimate of drug-likeness (QED) is 0.771. The van der Waals surface area contributed by atoms with E-state index in [2.05, 4.69) is 5.32 Å². The van der Waals surface area contributed by atoms with Gasteiger partial charge in [-0.15, -0.1) is 11.3 Å². The van der Waals surface area contributed by atoms with Crippen molar-refractivity contribution in [1.29, 1.82) is 0 Å². The van der Waals surface area contributed by atoms with Crippen LogP contribution in [0.4, 0.5) is 8.78 Å². The highest BCUT2D eigenvalue weighted by molar-refractivity contribution is 7.09. The molecule has 4 heteroatoms. The highest BCUT2D eigenvalue weighted by Gasteiger charge is 2.12. The lowest BCUT2D eigenvalue weighted by Gasteiger charge is -2.10. The minimum Gasteiger partial charge on any atom is -0.304 e. The largest absolute Gasteiger partial charge is 0.304 e. The van der Waals surface area contributed by atoms with Crippen molar-refractivity contribution in [3.63, 3.8) is 0 Å². The molecule has 1 unspecified atom stereocenters. The van der Waals surface area contributed by atoms with Gasteiger partial charge in [0.2, 0.25) is 0 Å². The number of hydrogen-bond donors (Lipinski definition) is 1. The summed E-state index contributed by atoms with van der Waals surface area (Å²) in [6, 6.07) is 3.11. The first kappa shape index (κ1) is 9.61. The molecule has 68 valence electrons. The molecule has 1 N–H and O–H groups in total. The zero-order chi connectivity index (χ0) is 8.97. The van der Waals surface area contributed by atoms with Crippen molar-refractivity contribution < 1.29 is 8.78 Å². The average molecular weight is 191 g/mol. The number of nitrogens with one attached hydrogen (secondary N) is 1. The Kier molecular flexibility index (Phi) is 3.62. The number of halogens is 2. The van der Waals surface area contributed by atoms with Crippen LogP contribution in [0.25, 0.3) is 0 Å². The van der Waals surface area contributed by atoms with Gasteiger partial charge in [0.15, 0.2) is 0 Å². The zero-order valence-electron chi connectivity index (χ0n) is 6.76. The molecule has 1 rings (SSSR count). The van der Waals surface area contributed by atoms with E-state index in [4.69, 9.17) is 0 Å². The molecule has 0 saturated carbocycles. The van der Waals surface area contributed by atoms with E-state index in [9.17, 15) is 8.78 Å². The summed E-state index contributed by atoms with van der Waals surface area (Å²) in [5, 5.41) is 4.68. The van der Waals surface area contributed by atoms with Gasteiger partial charge in [-0.1, -0.05) is 6.07 Å². The second-order valence-corrected chi connectivity index (χ2v) is 3.62. The molecule has 0 saturated heterocycles. The van der Waals surface area contributed by atoms with Gasteiger partial charge in [0.05, 0.1) is 6.04 Å². The first-order valence-corrected chi connectivity index (χ1v) is 4.62. The normalized spacial score (nSPS) is 13.7. The fourth-order valence-electron chi connectivity index (χ4n) is 0.764. The predicted molar refractivity (Wildman–Crippen MR) is 46.6 cm³/mol. The molecule has 0 bridgehead atoms. The Hall–Kier alpha value is -0.480. The predicted octanol–water partition coefficient (Wildman–Crippen LogP) is 2.49. The van der Waals surface area contributed by atoms with E-state index in [1.165, 1.54) is 6.92 Å². The minimum atomic E-state index is -2.29. The summed E-state index contributed by atoms with van der Waals surface area (Å²) in [5.74, 6) is 0. The molecular weight excluding hydrogens is 180 g/mol. The lowest BCUT2D eigenvalue weighted by Crippen LogP contribution is -2.31. The van der Waals surface area contributed by atoms with Crippen molar-refractivity contribution in [2.24, 2.45) is 0 Å². The van der Waals surface area contributed by atoms with Crippen LogP contribution < -0.4 is 5.32 Å². The Morgan fingerprint density at radius 3 is 2.83 bits per heavy atom. The number of thiophene rings is 1. The van der Waals surface area contributed by atoms with E-state index in [1.54, 1.807) is 11.3 Å². The third kappa shape index (κ3) is 2.87. The van der Waals surface area contributed by atoms with Gasteiger partial charge >= 0.3 is 0 Å². The number of alkyl halides is 2. The molecule has 12 heavy (non-hydrogen) atoms. The third-order valence-electron chi connectivity index (χ3n) is 1.56. The van der Waals surface area contributed by atoms with E-state index in [1.807, 2.05) is 17.5 Å². The van der Waals surface area contributed by atoms with Gasteiger partial charge in [-0.05, 0) is 18.4 Å². The highest BCUT2D eigenvalue weighted by Crippen LogP contribution is 2.08. The van der Waals surface area contributed by atoms with Crippen LogP contribution in [0, 0.1) is 0 Å². The maximum atomic E-state index is 12.0. The summed E-state index contributed by atoms with van der Waals surface area (Å²) in [5.41, 5.74) is 0. The van der Waals surface area contributed by atoms with Gasteiger partial charge in [0.25, 0.3) is 6.43 Å². The van der Waals surface area contributed by atoms with Gasteiger partial charge in [0, 0.05) is 11.4 Å². The van der Waals surface area contributed by atoms with Gasteiger partial charge in [-0.3, -0.25) is 0 Å². The van der Waals surface area contributed by atoms with Crippen molar-refractivity contribution >= 4 is 11.3 Å². The smallest absolute Gasteiger partial charge is 0.253 e. The van der Waals surface area contributed by atoms with Crippen molar-refractivity contribution in [3.05, 3.63) is 22.4 Å². The Balaban J connectivity index is 2.27. The summed E-state index contributed by atoms with van der Waals surface area (Å²) in [6.45, 7) is 2.02. The molecule has 0 aliphatic carbocycles. The van der Waals surface area contributed by atoms with Crippen LogP contribution in [-0.4, -0.2) is 12.5 Å². The maximum absolute atomic E-state index is 12.0. The zero-order valence-corrected chi connectivity index (χ0v) is 7.57. The van der Waals surface area contributed by atoms with Gasteiger partial charge in [-0.2, -0.15) is 0 Å². The monoisotopic (exact) mass is 191 g/mol. The maximum Gasteiger partial charge on any atom is 0.253 e. The van der Waals surface area contributed by atoms with E-state index < -0.39 is 12.5 Å². The topological polar surface area (TPSA) is 12.0 Å². The Labute approximate surface area is 74.4 Å². The fourth-order valence-corrected chi connectivity index (χ4v) is 1.42. The lowest BCUT2D eigenvalue weighted by atomic mass is 10.3. The van der Waals surface area contributed by atoms with Gasteiger partial charge < -0.3 is 5.32 Å². The second kappa shape index (κ2) is 4.52. The molecular formula is C8H11F2NS. The first-order valence-electron chi connectivity index (χ1n) is 3.74. The molecule has 0 spiro atoms. The van der Waals surface area contributed by atoms with Crippen LogP contribution in [0.3, 0.4) is 0 Å². The van der Waals surface area contributed by atoms with E-state index in [0.717, 1.165) is 4.88 Å². The Morgan fingerprint density at radius 1 is 1.58 bits per heavy atom. The van der Waals surface area contributed by atoms with Crippen LogP contribution in [0.5, 0.6) is 0 Å². The third-order valence-corrected chi connectivity index (χ3v) is 2.43. The van der Waals surface area contributed by atoms with Gasteiger partial charge in [0.1, 0.15) is 0 Å². The number of hydrogen-bond acceptors (Lipinski definition) is 2. The van der Waals surface area contributed by atoms with Crippen LogP contribution in [-0.2, 0) is 6.54 Å². The second-order valence-electron chi connectivity index (χ2n) is 2.58. The summed E-state index contributed by atoms with van der Waals surface area (Å²) in [7, 11) is 0. The van der Waals surface area contributed by atoms with Crippen molar-refractivity contribution in [3.8, 4) is 0 Å². The Bertz CT molecular complexity index is 211. The molecule has 1 aromatic heterocycles. The van der Waals surface area contributed by atoms with E-state index >= 15 is 0 Å². The molecule has 0 amide bonds. The number of rotatable bonds is 4. The average Bonchev–Trinajstić information content (AvgIpc) is 2.51. The molecule has 0 aromatic carbocycles. The SMILES string of the molecule is CC(NCc1cccs1)C(F)F. The molecule has 1 heterocycles. The molecule has 1 atom stereocenters.